The Morgan fingerprint density at radius 3 is 1.70 bits per heavy atom. The van der Waals surface area contributed by atoms with Crippen molar-refractivity contribution in [3.63, 3.8) is 0 Å². The summed E-state index contributed by atoms with van der Waals surface area (Å²) in [5.74, 6) is -11.7. The molecule has 23 heteroatoms. The molecule has 0 aliphatic carbocycles. The van der Waals surface area contributed by atoms with Crippen molar-refractivity contribution in [2.24, 2.45) is 0 Å². The molecular formula is C57H73F2N7O14. The first-order chi connectivity index (χ1) is 38.3. The molecule has 6 aliphatic heterocycles. The molecule has 2 atom stereocenters. The van der Waals surface area contributed by atoms with Gasteiger partial charge in [0, 0.05) is 93.0 Å². The van der Waals surface area contributed by atoms with E-state index in [2.05, 4.69) is 34.3 Å². The van der Waals surface area contributed by atoms with E-state index in [1.807, 2.05) is 33.0 Å². The van der Waals surface area contributed by atoms with Crippen LogP contribution < -0.4 is 20.7 Å². The van der Waals surface area contributed by atoms with Crippen LogP contribution in [0.5, 0.6) is 5.75 Å². The Morgan fingerprint density at radius 1 is 0.637 bits per heavy atom. The molecule has 80 heavy (non-hydrogen) atoms. The monoisotopic (exact) mass is 1120 g/mol. The first-order valence-electron chi connectivity index (χ1n) is 27.1. The molecule has 0 saturated carbocycles. The van der Waals surface area contributed by atoms with Gasteiger partial charge < -0.3 is 45.1 Å². The van der Waals surface area contributed by atoms with Crippen LogP contribution in [-0.2, 0) is 66.7 Å². The van der Waals surface area contributed by atoms with Gasteiger partial charge in [-0.1, -0.05) is 96.5 Å². The molecule has 10 rings (SSSR count). The van der Waals surface area contributed by atoms with Crippen LogP contribution in [0.25, 0.3) is 0 Å². The summed E-state index contributed by atoms with van der Waals surface area (Å²) in [6.07, 6.45) is 0.342. The lowest BCUT2D eigenvalue weighted by Gasteiger charge is -2.42. The van der Waals surface area contributed by atoms with Crippen molar-refractivity contribution in [1.29, 1.82) is 0 Å². The smallest absolute Gasteiger partial charge is 0.283 e. The van der Waals surface area contributed by atoms with Gasteiger partial charge in [-0.25, -0.2) is 13.7 Å². The summed E-state index contributed by atoms with van der Waals surface area (Å²) in [6.45, 7) is 18.1. The number of hydrogen-bond donors (Lipinski definition) is 8. The molecule has 21 nitrogen and oxygen atoms in total. The molecular weight excluding hydrogens is 1040 g/mol. The summed E-state index contributed by atoms with van der Waals surface area (Å²) >= 11 is 0. The molecule has 6 heterocycles. The Labute approximate surface area is 463 Å². The average molecular weight is 1120 g/mol. The lowest BCUT2D eigenvalue weighted by atomic mass is 9.99. The topological polar surface area (TPSA) is 280 Å². The summed E-state index contributed by atoms with van der Waals surface area (Å²) < 4.78 is 47.0. The van der Waals surface area contributed by atoms with Crippen molar-refractivity contribution in [2.75, 3.05) is 57.9 Å². The number of morpholine rings is 2. The fraction of sp³-hybridized carbons (Fsp3) is 0.474. The van der Waals surface area contributed by atoms with Gasteiger partial charge >= 0.3 is 0 Å². The number of anilines is 1. The van der Waals surface area contributed by atoms with Crippen molar-refractivity contribution >= 4 is 41.1 Å². The second kappa shape index (κ2) is 27.6. The summed E-state index contributed by atoms with van der Waals surface area (Å²) in [7, 11) is 0. The molecule has 4 aromatic rings. The third-order valence-electron chi connectivity index (χ3n) is 13.7. The number of nitrogens with one attached hydrogen (secondary N) is 3. The highest BCUT2D eigenvalue weighted by atomic mass is 19.1. The summed E-state index contributed by atoms with van der Waals surface area (Å²) in [5, 5.41) is 62.0. The van der Waals surface area contributed by atoms with Crippen molar-refractivity contribution < 1.29 is 77.3 Å². The van der Waals surface area contributed by atoms with E-state index < -0.39 is 77.1 Å². The number of carbonyl (C=O) groups is 6. The molecule has 2 unspecified atom stereocenters. The maximum atomic E-state index is 15.3. The van der Waals surface area contributed by atoms with Crippen LogP contribution in [0.1, 0.15) is 128 Å². The first-order valence-corrected chi connectivity index (χ1v) is 27.1. The predicted octanol–water partition coefficient (Wildman–Crippen LogP) is 4.01. The van der Waals surface area contributed by atoms with Crippen molar-refractivity contribution in [1.82, 2.24) is 30.2 Å². The highest BCUT2D eigenvalue weighted by Crippen LogP contribution is 2.46. The minimum Gasteiger partial charge on any atom is -0.488 e. The molecule has 8 N–H and O–H groups in total. The van der Waals surface area contributed by atoms with Gasteiger partial charge in [-0.15, -0.1) is 0 Å². The first kappa shape index (κ1) is 62.4. The number of benzene rings is 4. The van der Waals surface area contributed by atoms with E-state index in [-0.39, 0.29) is 76.6 Å². The van der Waals surface area contributed by atoms with E-state index in [0.717, 1.165) is 0 Å². The number of imide groups is 2. The van der Waals surface area contributed by atoms with Gasteiger partial charge in [0.25, 0.3) is 29.5 Å². The van der Waals surface area contributed by atoms with Crippen LogP contribution in [0.2, 0.25) is 0 Å². The lowest BCUT2D eigenvalue weighted by molar-refractivity contribution is -0.302. The molecule has 0 spiro atoms. The third-order valence-corrected chi connectivity index (χ3v) is 13.7. The molecule has 0 bridgehead atoms. The molecule has 4 fully saturated rings. The summed E-state index contributed by atoms with van der Waals surface area (Å²) in [4.78, 5) is 79.2. The Balaban J connectivity index is 0.000000232. The van der Waals surface area contributed by atoms with Gasteiger partial charge in [0.2, 0.25) is 23.4 Å². The molecule has 6 aliphatic rings. The normalized spacial score (nSPS) is 21.2. The average Bonchev–Trinajstić information content (AvgIpc) is 3.90. The highest BCUT2D eigenvalue weighted by Gasteiger charge is 2.62. The van der Waals surface area contributed by atoms with Gasteiger partial charge in [0.15, 0.2) is 0 Å². The zero-order valence-electron chi connectivity index (χ0n) is 46.0. The Hall–Kier alpha value is -6.80. The second-order valence-electron chi connectivity index (χ2n) is 19.1. The lowest BCUT2D eigenvalue weighted by Crippen LogP contribution is -2.67. The zero-order valence-corrected chi connectivity index (χ0v) is 46.0. The van der Waals surface area contributed by atoms with E-state index >= 15 is 8.78 Å². The van der Waals surface area contributed by atoms with Gasteiger partial charge in [0.1, 0.15) is 30.0 Å². The largest absolute Gasteiger partial charge is 0.488 e. The molecule has 4 saturated heterocycles. The molecule has 6 amide bonds. The number of nitrogens with zero attached hydrogens (tertiary/aromatic N) is 4. The number of amides is 6. The van der Waals surface area contributed by atoms with Crippen molar-refractivity contribution in [3.8, 4) is 5.75 Å². The quantitative estimate of drug-likeness (QED) is 0.0735. The van der Waals surface area contributed by atoms with Gasteiger partial charge in [-0.3, -0.25) is 54.1 Å². The van der Waals surface area contributed by atoms with Crippen LogP contribution in [0, 0.1) is 11.6 Å². The third kappa shape index (κ3) is 13.3. The minimum absolute atomic E-state index is 0.0290. The number of fused-ring (bicyclic) bond motifs is 2. The fourth-order valence-corrected chi connectivity index (χ4v) is 9.90. The van der Waals surface area contributed by atoms with Crippen LogP contribution >= 0.6 is 0 Å². The number of aliphatic hydroxyl groups is 5. The van der Waals surface area contributed by atoms with E-state index in [4.69, 9.17) is 14.2 Å². The Kier molecular flexibility index (Phi) is 21.5. The maximum absolute atomic E-state index is 15.3. The van der Waals surface area contributed by atoms with Crippen LogP contribution in [0.4, 0.5) is 14.5 Å². The van der Waals surface area contributed by atoms with Gasteiger partial charge in [0.05, 0.1) is 48.7 Å². The van der Waals surface area contributed by atoms with Crippen molar-refractivity contribution in [3.05, 3.63) is 129 Å². The zero-order chi connectivity index (χ0) is 58.5. The van der Waals surface area contributed by atoms with Crippen LogP contribution in [0.3, 0.4) is 0 Å². The fourth-order valence-electron chi connectivity index (χ4n) is 9.90. The summed E-state index contributed by atoms with van der Waals surface area (Å²) in [6, 6.07) is 17.4. The molecule has 0 aromatic heterocycles. The highest BCUT2D eigenvalue weighted by molar-refractivity contribution is 6.08. The maximum Gasteiger partial charge on any atom is 0.283 e. The number of rotatable bonds is 12. The number of halogens is 2. The second-order valence-corrected chi connectivity index (χ2v) is 19.1. The number of piperidine rings is 2. The molecule has 4 aromatic carbocycles. The van der Waals surface area contributed by atoms with Gasteiger partial charge in [-0.2, -0.15) is 0 Å². The van der Waals surface area contributed by atoms with Gasteiger partial charge in [-0.05, 0) is 30.7 Å². The SMILES string of the molecule is CC.CC.CCC.O=C1CCC(N2C(=O)c3cccc(OCc4cccc(CN5CCOCC5)c4F)c3C2(O)O)C(=O)N1.O=C1CCC(O)(N2C(=O)c3cccc(NCc4cccc(CN5CCOCC5)c4F)c3C2(O)O)C(=O)N1. The number of ether oxygens (including phenoxy) is 3. The van der Waals surface area contributed by atoms with Crippen LogP contribution in [0.15, 0.2) is 72.8 Å². The van der Waals surface area contributed by atoms with Crippen molar-refractivity contribution in [2.45, 2.75) is 123 Å². The van der Waals surface area contributed by atoms with E-state index in [1.54, 1.807) is 36.4 Å². The number of carbonyl (C=O) groups excluding carboxylic acids is 6. The van der Waals surface area contributed by atoms with E-state index in [9.17, 15) is 54.3 Å². The molecule has 434 valence electrons. The Bertz CT molecular complexity index is 2880. The predicted molar refractivity (Wildman–Crippen MR) is 286 cm³/mol. The standard InChI is InChI=1S/C25H27FN4O7.C25H26FN3O7.C3H8.2C2H6/c26-21-15(3-1-4-16(21)14-29-9-11-37-12-10-29)13-27-18-6-2-5-17-20(18)25(35,36)30(22(17)32)24(34)8-7-19(31)28-23(24)33;26-22-15(13-28-9-11-35-12-10-28)3-1-4-16(22)14-36-19-6-2-5-17-21(19)25(33,34)29(24(17)32)18-7-8-20(30)27-23(18)31;1-3-2;2*1-2/h1-6,27,34-36H,7-14H2,(H,28,31,33);1-6,18,33-34H,7-14H2,(H,27,30,31);3H2,1-2H3;2*1-2H3. The summed E-state index contributed by atoms with van der Waals surface area (Å²) in [5.41, 5.74) is -1.67. The molecule has 0 radical (unpaired) electrons. The van der Waals surface area contributed by atoms with Crippen LogP contribution in [-0.4, -0.2) is 145 Å². The van der Waals surface area contributed by atoms with E-state index in [0.29, 0.717) is 87.3 Å². The Morgan fingerprint density at radius 2 is 1.14 bits per heavy atom. The number of hydrogen-bond acceptors (Lipinski definition) is 17. The van der Waals surface area contributed by atoms with E-state index in [1.165, 1.54) is 42.8 Å². The minimum atomic E-state index is -3.08.